The Kier molecular flexibility index (Phi) is 5.79. The van der Waals surface area contributed by atoms with Gasteiger partial charge in [0.05, 0.1) is 24.4 Å². The van der Waals surface area contributed by atoms with Crippen molar-refractivity contribution >= 4 is 5.97 Å². The summed E-state index contributed by atoms with van der Waals surface area (Å²) in [5, 5.41) is 53.1. The number of aliphatic hydroxyl groups excluding tert-OH is 4. The van der Waals surface area contributed by atoms with Crippen molar-refractivity contribution in [3.8, 4) is 0 Å². The van der Waals surface area contributed by atoms with Crippen molar-refractivity contribution in [2.24, 2.45) is 46.3 Å². The van der Waals surface area contributed by atoms with Crippen LogP contribution in [0.5, 0.6) is 0 Å². The molecule has 4 fully saturated rings. The molecule has 0 aromatic heterocycles. The highest BCUT2D eigenvalue weighted by atomic mass is 16.4. The Morgan fingerprint density at radius 3 is 2.27 bits per heavy atom. The van der Waals surface area contributed by atoms with Crippen LogP contribution in [0.15, 0.2) is 0 Å². The van der Waals surface area contributed by atoms with E-state index in [4.69, 9.17) is 5.11 Å². The van der Waals surface area contributed by atoms with E-state index < -0.39 is 35.8 Å². The molecule has 6 heteroatoms. The Bertz CT molecular complexity index is 668. The summed E-state index contributed by atoms with van der Waals surface area (Å²) in [6.45, 7) is 6.39. The van der Waals surface area contributed by atoms with Crippen LogP contribution in [-0.4, -0.2) is 55.9 Å². The first kappa shape index (κ1) is 22.5. The van der Waals surface area contributed by atoms with Crippen LogP contribution >= 0.6 is 0 Å². The number of carboxylic acids is 1. The number of aliphatic carboxylic acids is 1. The Hall–Kier alpha value is -0.690. The third kappa shape index (κ3) is 3.16. The van der Waals surface area contributed by atoms with Gasteiger partial charge in [-0.05, 0) is 91.3 Å². The van der Waals surface area contributed by atoms with Gasteiger partial charge in [-0.2, -0.15) is 0 Å². The van der Waals surface area contributed by atoms with E-state index in [0.29, 0.717) is 32.1 Å². The number of carbonyl (C=O) groups is 1. The van der Waals surface area contributed by atoms with Gasteiger partial charge in [-0.1, -0.05) is 20.8 Å². The lowest BCUT2D eigenvalue weighted by Crippen LogP contribution is -2.65. The van der Waals surface area contributed by atoms with Gasteiger partial charge in [-0.15, -0.1) is 0 Å². The fourth-order valence-corrected chi connectivity index (χ4v) is 8.76. The fraction of sp³-hybridized carbons (Fsp3) is 0.958. The van der Waals surface area contributed by atoms with Crippen molar-refractivity contribution in [1.82, 2.24) is 0 Å². The summed E-state index contributed by atoms with van der Waals surface area (Å²) < 4.78 is 0. The highest BCUT2D eigenvalue weighted by Crippen LogP contribution is 2.68. The molecule has 0 heterocycles. The monoisotopic (exact) mass is 424 g/mol. The third-order valence-electron chi connectivity index (χ3n) is 10.4. The zero-order valence-corrected chi connectivity index (χ0v) is 18.6. The zero-order chi connectivity index (χ0) is 22.0. The second kappa shape index (κ2) is 7.72. The first-order valence-electron chi connectivity index (χ1n) is 11.9. The molecule has 0 spiro atoms. The van der Waals surface area contributed by atoms with Crippen LogP contribution in [0.2, 0.25) is 0 Å². The maximum atomic E-state index is 11.5. The zero-order valence-electron chi connectivity index (χ0n) is 18.6. The van der Waals surface area contributed by atoms with Gasteiger partial charge in [-0.25, -0.2) is 0 Å². The first-order valence-corrected chi connectivity index (χ1v) is 11.9. The minimum absolute atomic E-state index is 0.0369. The van der Waals surface area contributed by atoms with Crippen LogP contribution in [-0.2, 0) is 4.79 Å². The molecule has 4 aliphatic rings. The molecule has 0 unspecified atom stereocenters. The molecular formula is C24H40O6. The second-order valence-corrected chi connectivity index (χ2v) is 11.5. The highest BCUT2D eigenvalue weighted by Gasteiger charge is 2.67. The molecule has 4 aliphatic carbocycles. The van der Waals surface area contributed by atoms with Crippen LogP contribution in [0.3, 0.4) is 0 Å². The van der Waals surface area contributed by atoms with E-state index in [-0.39, 0.29) is 47.3 Å². The van der Waals surface area contributed by atoms with Gasteiger partial charge in [0.2, 0.25) is 0 Å². The number of rotatable bonds is 4. The molecule has 4 rings (SSSR count). The molecule has 0 saturated heterocycles. The Balaban J connectivity index is 1.63. The molecule has 12 atom stereocenters. The van der Waals surface area contributed by atoms with E-state index in [1.54, 1.807) is 0 Å². The van der Waals surface area contributed by atoms with Crippen molar-refractivity contribution in [1.29, 1.82) is 0 Å². The van der Waals surface area contributed by atoms with Gasteiger partial charge in [0.25, 0.3) is 0 Å². The van der Waals surface area contributed by atoms with Gasteiger partial charge >= 0.3 is 5.97 Å². The molecule has 172 valence electrons. The lowest BCUT2D eigenvalue weighted by atomic mass is 9.42. The highest BCUT2D eigenvalue weighted by molar-refractivity contribution is 5.66. The lowest BCUT2D eigenvalue weighted by molar-refractivity contribution is -0.234. The van der Waals surface area contributed by atoms with E-state index >= 15 is 0 Å². The number of fused-ring (bicyclic) bond motifs is 5. The van der Waals surface area contributed by atoms with Crippen LogP contribution in [0.4, 0.5) is 0 Å². The van der Waals surface area contributed by atoms with Crippen LogP contribution in [0, 0.1) is 46.3 Å². The van der Waals surface area contributed by atoms with Crippen molar-refractivity contribution < 1.29 is 30.3 Å². The van der Waals surface area contributed by atoms with Gasteiger partial charge < -0.3 is 25.5 Å². The lowest BCUT2D eigenvalue weighted by Gasteiger charge is -2.64. The molecule has 4 saturated carbocycles. The molecule has 0 aromatic carbocycles. The molecule has 0 aliphatic heterocycles. The summed E-state index contributed by atoms with van der Waals surface area (Å²) in [7, 11) is 0. The summed E-state index contributed by atoms with van der Waals surface area (Å²) in [6.07, 6.45) is 2.68. The first-order chi connectivity index (χ1) is 14.0. The van der Waals surface area contributed by atoms with Crippen LogP contribution in [0.25, 0.3) is 0 Å². The number of hydrogen-bond donors (Lipinski definition) is 5. The molecule has 5 N–H and O–H groups in total. The normalized spacial score (nSPS) is 54.0. The van der Waals surface area contributed by atoms with Crippen molar-refractivity contribution in [3.63, 3.8) is 0 Å². The quantitative estimate of drug-likeness (QED) is 0.473. The summed E-state index contributed by atoms with van der Waals surface area (Å²) in [4.78, 5) is 11.1. The molecule has 0 bridgehead atoms. The van der Waals surface area contributed by atoms with E-state index in [1.165, 1.54) is 0 Å². The SMILES string of the molecule is C[C@H](CCC(=O)O)[C@H]1CC[C@H]2[C@@H]3[C@H](O)C[C@@H]4C[C@@H](O)C[C@@H](O)[C@]4(C)[C@H]3C[C@H](O)[C@]12C. The summed E-state index contributed by atoms with van der Waals surface area (Å²) in [6, 6.07) is 0. The van der Waals surface area contributed by atoms with Gasteiger partial charge in [0.1, 0.15) is 0 Å². The minimum atomic E-state index is -0.777. The largest absolute Gasteiger partial charge is 0.481 e. The summed E-state index contributed by atoms with van der Waals surface area (Å²) >= 11 is 0. The smallest absolute Gasteiger partial charge is 0.303 e. The Morgan fingerprint density at radius 2 is 1.60 bits per heavy atom. The van der Waals surface area contributed by atoms with Crippen molar-refractivity contribution in [2.45, 2.75) is 96.6 Å². The average molecular weight is 425 g/mol. The predicted molar refractivity (Wildman–Crippen MR) is 111 cm³/mol. The second-order valence-electron chi connectivity index (χ2n) is 11.5. The molecule has 0 radical (unpaired) electrons. The summed E-state index contributed by atoms with van der Waals surface area (Å²) in [5.74, 6) is -0.00131. The maximum absolute atomic E-state index is 11.5. The third-order valence-corrected chi connectivity index (χ3v) is 10.4. The van der Waals surface area contributed by atoms with E-state index in [9.17, 15) is 25.2 Å². The number of hydrogen-bond acceptors (Lipinski definition) is 5. The molecule has 6 nitrogen and oxygen atoms in total. The average Bonchev–Trinajstić information content (AvgIpc) is 3.01. The van der Waals surface area contributed by atoms with E-state index in [0.717, 1.165) is 12.8 Å². The molecule has 0 aromatic rings. The molecular weight excluding hydrogens is 384 g/mol. The van der Waals surface area contributed by atoms with Gasteiger partial charge in [0.15, 0.2) is 0 Å². The summed E-state index contributed by atoms with van der Waals surface area (Å²) in [5.41, 5.74) is -0.721. The standard InChI is InChI=1S/C24H40O6/c1-12(4-7-21(29)30)15-5-6-16-22-17(11-20(28)24(15,16)3)23(2)13(9-18(22)26)8-14(25)10-19(23)27/h12-20,22,25-28H,4-11H2,1-3H3,(H,29,30)/t12-,13+,14-,15-,16+,17+,18-,19-,20+,22+,23+,24-/m1/s1. The predicted octanol–water partition coefficient (Wildman–Crippen LogP) is 2.42. The topological polar surface area (TPSA) is 118 Å². The van der Waals surface area contributed by atoms with Crippen molar-refractivity contribution in [2.75, 3.05) is 0 Å². The van der Waals surface area contributed by atoms with Crippen molar-refractivity contribution in [3.05, 3.63) is 0 Å². The number of aliphatic hydroxyl groups is 4. The molecule has 0 amide bonds. The van der Waals surface area contributed by atoms with Gasteiger partial charge in [0, 0.05) is 6.42 Å². The van der Waals surface area contributed by atoms with E-state index in [1.807, 2.05) is 0 Å². The molecule has 30 heavy (non-hydrogen) atoms. The fourth-order valence-electron chi connectivity index (χ4n) is 8.76. The van der Waals surface area contributed by atoms with Gasteiger partial charge in [-0.3, -0.25) is 4.79 Å². The maximum Gasteiger partial charge on any atom is 0.303 e. The minimum Gasteiger partial charge on any atom is -0.481 e. The number of carboxylic acid groups (broad SMARTS) is 1. The van der Waals surface area contributed by atoms with E-state index in [2.05, 4.69) is 20.8 Å². The Morgan fingerprint density at radius 1 is 0.933 bits per heavy atom. The van der Waals surface area contributed by atoms with Crippen LogP contribution < -0.4 is 0 Å². The van der Waals surface area contributed by atoms with Crippen LogP contribution in [0.1, 0.15) is 72.1 Å². The Labute approximate surface area is 179 Å².